The number of amides is 1. The van der Waals surface area contributed by atoms with Crippen molar-refractivity contribution in [2.24, 2.45) is 11.8 Å². The summed E-state index contributed by atoms with van der Waals surface area (Å²) in [5.41, 5.74) is 0. The Balaban J connectivity index is 2.51. The summed E-state index contributed by atoms with van der Waals surface area (Å²) < 4.78 is 0. The summed E-state index contributed by atoms with van der Waals surface area (Å²) in [6, 6.07) is 0.542. The van der Waals surface area contributed by atoms with Crippen molar-refractivity contribution in [2.75, 3.05) is 39.8 Å². The fraction of sp³-hybridized carbons (Fsp3) is 0.938. The molecule has 0 bridgehead atoms. The second kappa shape index (κ2) is 8.63. The second-order valence-electron chi connectivity index (χ2n) is 6.95. The van der Waals surface area contributed by atoms with Gasteiger partial charge in [-0.05, 0) is 38.3 Å². The summed E-state index contributed by atoms with van der Waals surface area (Å²) >= 11 is 0. The van der Waals surface area contributed by atoms with E-state index < -0.39 is 0 Å². The summed E-state index contributed by atoms with van der Waals surface area (Å²) in [6.45, 7) is 13.1. The highest BCUT2D eigenvalue weighted by molar-refractivity contribution is 5.78. The molecule has 1 atom stereocenters. The molecule has 0 aromatic heterocycles. The average Bonchev–Trinajstić information content (AvgIpc) is 2.37. The van der Waals surface area contributed by atoms with Gasteiger partial charge in [-0.3, -0.25) is 9.69 Å². The van der Waals surface area contributed by atoms with Gasteiger partial charge in [0.05, 0.1) is 6.54 Å². The van der Waals surface area contributed by atoms with Crippen LogP contribution in [-0.4, -0.2) is 61.5 Å². The summed E-state index contributed by atoms with van der Waals surface area (Å²) in [7, 11) is 2.01. The number of carbonyl (C=O) groups excluding carboxylic acids is 1. The molecule has 20 heavy (non-hydrogen) atoms. The van der Waals surface area contributed by atoms with Crippen molar-refractivity contribution in [3.05, 3.63) is 0 Å². The van der Waals surface area contributed by atoms with Crippen LogP contribution in [0, 0.1) is 11.8 Å². The summed E-state index contributed by atoms with van der Waals surface area (Å²) in [5.74, 6) is 1.36. The van der Waals surface area contributed by atoms with E-state index >= 15 is 0 Å². The standard InChI is InChI=1S/C16H33N3O/c1-13(2)9-19(10-14(3)4)16(20)12-18-8-6-7-15(11-18)17-5/h13-15,17H,6-12H2,1-5H3. The number of likely N-dealkylation sites (tertiary alicyclic amines) is 1. The topological polar surface area (TPSA) is 35.6 Å². The smallest absolute Gasteiger partial charge is 0.236 e. The van der Waals surface area contributed by atoms with E-state index in [1.54, 1.807) is 0 Å². The maximum atomic E-state index is 12.5. The fourth-order valence-electron chi connectivity index (χ4n) is 2.89. The first-order valence-electron chi connectivity index (χ1n) is 8.09. The molecule has 1 unspecified atom stereocenters. The predicted molar refractivity (Wildman–Crippen MR) is 84.8 cm³/mol. The van der Waals surface area contributed by atoms with Gasteiger partial charge in [-0.1, -0.05) is 27.7 Å². The highest BCUT2D eigenvalue weighted by Crippen LogP contribution is 2.11. The fourth-order valence-corrected chi connectivity index (χ4v) is 2.89. The third-order valence-corrected chi connectivity index (χ3v) is 3.80. The zero-order chi connectivity index (χ0) is 15.1. The van der Waals surface area contributed by atoms with Crippen molar-refractivity contribution in [2.45, 2.75) is 46.6 Å². The maximum absolute atomic E-state index is 12.5. The van der Waals surface area contributed by atoms with Crippen molar-refractivity contribution < 1.29 is 4.79 Å². The van der Waals surface area contributed by atoms with E-state index in [2.05, 4.69) is 42.8 Å². The summed E-state index contributed by atoms with van der Waals surface area (Å²) in [5, 5.41) is 3.33. The largest absolute Gasteiger partial charge is 0.341 e. The summed E-state index contributed by atoms with van der Waals surface area (Å²) in [6.07, 6.45) is 2.41. The predicted octanol–water partition coefficient (Wildman–Crippen LogP) is 1.81. The van der Waals surface area contributed by atoms with Gasteiger partial charge in [0, 0.05) is 25.7 Å². The van der Waals surface area contributed by atoms with Gasteiger partial charge in [0.25, 0.3) is 0 Å². The van der Waals surface area contributed by atoms with Gasteiger partial charge >= 0.3 is 0 Å². The van der Waals surface area contributed by atoms with Gasteiger partial charge in [-0.15, -0.1) is 0 Å². The number of nitrogens with zero attached hydrogens (tertiary/aromatic N) is 2. The van der Waals surface area contributed by atoms with Crippen LogP contribution in [0.5, 0.6) is 0 Å². The number of hydrogen-bond acceptors (Lipinski definition) is 3. The lowest BCUT2D eigenvalue weighted by molar-refractivity contribution is -0.133. The molecule has 0 spiro atoms. The number of hydrogen-bond donors (Lipinski definition) is 1. The lowest BCUT2D eigenvalue weighted by Crippen LogP contribution is -2.49. The van der Waals surface area contributed by atoms with Gasteiger partial charge in [-0.25, -0.2) is 0 Å². The van der Waals surface area contributed by atoms with Crippen LogP contribution in [0.15, 0.2) is 0 Å². The molecule has 1 aliphatic rings. The van der Waals surface area contributed by atoms with Gasteiger partial charge < -0.3 is 10.2 Å². The average molecular weight is 283 g/mol. The Kier molecular flexibility index (Phi) is 7.52. The zero-order valence-corrected chi connectivity index (χ0v) is 14.0. The quantitative estimate of drug-likeness (QED) is 0.774. The van der Waals surface area contributed by atoms with Crippen LogP contribution in [-0.2, 0) is 4.79 Å². The summed E-state index contributed by atoms with van der Waals surface area (Å²) in [4.78, 5) is 16.9. The molecule has 1 rings (SSSR count). The van der Waals surface area contributed by atoms with Crippen LogP contribution in [0.2, 0.25) is 0 Å². The molecule has 1 amide bonds. The van der Waals surface area contributed by atoms with Crippen LogP contribution in [0.3, 0.4) is 0 Å². The Morgan fingerprint density at radius 3 is 2.35 bits per heavy atom. The first-order valence-corrected chi connectivity index (χ1v) is 8.09. The van der Waals surface area contributed by atoms with E-state index in [1.807, 2.05) is 7.05 Å². The number of carbonyl (C=O) groups is 1. The number of rotatable bonds is 7. The lowest BCUT2D eigenvalue weighted by atomic mass is 10.1. The van der Waals surface area contributed by atoms with Crippen molar-refractivity contribution in [3.63, 3.8) is 0 Å². The highest BCUT2D eigenvalue weighted by atomic mass is 16.2. The Morgan fingerprint density at radius 1 is 1.25 bits per heavy atom. The Morgan fingerprint density at radius 2 is 1.85 bits per heavy atom. The first kappa shape index (κ1) is 17.4. The molecule has 1 heterocycles. The molecular formula is C16H33N3O. The molecule has 1 N–H and O–H groups in total. The van der Waals surface area contributed by atoms with Gasteiger partial charge in [0.1, 0.15) is 0 Å². The molecule has 1 aliphatic heterocycles. The number of likely N-dealkylation sites (N-methyl/N-ethyl adjacent to an activating group) is 1. The van der Waals surface area contributed by atoms with Crippen molar-refractivity contribution in [1.82, 2.24) is 15.1 Å². The molecule has 4 nitrogen and oxygen atoms in total. The lowest BCUT2D eigenvalue weighted by Gasteiger charge is -2.34. The molecule has 0 aromatic rings. The second-order valence-corrected chi connectivity index (χ2v) is 6.95. The van der Waals surface area contributed by atoms with Gasteiger partial charge in [0.2, 0.25) is 5.91 Å². The molecule has 1 fully saturated rings. The van der Waals surface area contributed by atoms with E-state index in [0.29, 0.717) is 30.3 Å². The number of nitrogens with one attached hydrogen (secondary N) is 1. The maximum Gasteiger partial charge on any atom is 0.236 e. The van der Waals surface area contributed by atoms with E-state index in [-0.39, 0.29) is 0 Å². The minimum absolute atomic E-state index is 0.296. The monoisotopic (exact) mass is 283 g/mol. The first-order chi connectivity index (χ1) is 9.42. The molecular weight excluding hydrogens is 250 g/mol. The van der Waals surface area contributed by atoms with E-state index in [0.717, 1.165) is 26.2 Å². The minimum atomic E-state index is 0.296. The van der Waals surface area contributed by atoms with E-state index in [1.165, 1.54) is 12.8 Å². The molecule has 0 aromatic carbocycles. The Labute approximate surface area is 124 Å². The third-order valence-electron chi connectivity index (χ3n) is 3.80. The van der Waals surface area contributed by atoms with Crippen LogP contribution in [0.25, 0.3) is 0 Å². The Bertz CT molecular complexity index is 281. The van der Waals surface area contributed by atoms with Crippen molar-refractivity contribution in [3.8, 4) is 0 Å². The molecule has 118 valence electrons. The SMILES string of the molecule is CNC1CCCN(CC(=O)N(CC(C)C)CC(C)C)C1. The normalized spacial score (nSPS) is 20.6. The van der Waals surface area contributed by atoms with Crippen molar-refractivity contribution in [1.29, 1.82) is 0 Å². The van der Waals surface area contributed by atoms with Crippen LogP contribution >= 0.6 is 0 Å². The van der Waals surface area contributed by atoms with E-state index in [4.69, 9.17) is 0 Å². The zero-order valence-electron chi connectivity index (χ0n) is 14.0. The Hall–Kier alpha value is -0.610. The molecule has 0 saturated carbocycles. The van der Waals surface area contributed by atoms with Gasteiger partial charge in [-0.2, -0.15) is 0 Å². The minimum Gasteiger partial charge on any atom is -0.341 e. The molecule has 1 saturated heterocycles. The van der Waals surface area contributed by atoms with Crippen LogP contribution < -0.4 is 5.32 Å². The molecule has 0 radical (unpaired) electrons. The highest BCUT2D eigenvalue weighted by Gasteiger charge is 2.23. The van der Waals surface area contributed by atoms with Gasteiger partial charge in [0.15, 0.2) is 0 Å². The van der Waals surface area contributed by atoms with Crippen molar-refractivity contribution >= 4 is 5.91 Å². The van der Waals surface area contributed by atoms with Crippen LogP contribution in [0.4, 0.5) is 0 Å². The molecule has 0 aliphatic carbocycles. The number of piperidine rings is 1. The van der Waals surface area contributed by atoms with Crippen LogP contribution in [0.1, 0.15) is 40.5 Å². The molecule has 4 heteroatoms. The third kappa shape index (κ3) is 6.23. The van der Waals surface area contributed by atoms with E-state index in [9.17, 15) is 4.79 Å².